The van der Waals surface area contributed by atoms with E-state index in [0.29, 0.717) is 36.4 Å². The average Bonchev–Trinajstić information content (AvgIpc) is 3.04. The Labute approximate surface area is 285 Å². The standard InChI is InChI=1S/C37H54N2O9/c1-4-6-8-11-14-17-30(41)18-15-12-9-10-13-16-19-32(37(46,36(38)45)24-26-47-28(3)40)34(42)39-33(35(43)44)27-29-20-22-31(23-21-29)48-25-7-5-2/h16,19-23,32-33,46H,4,6,8-15,17-18,24-27H2,1-3H3,(H2,38,45)(H,39,42)(H,43,44)/p-1/b19-16+/t32-,33+,37+/m1/s1. The molecule has 1 rings (SSSR count). The summed E-state index contributed by atoms with van der Waals surface area (Å²) in [4.78, 5) is 61.4. The van der Waals surface area contributed by atoms with Gasteiger partial charge in [0.25, 0.3) is 5.91 Å². The molecule has 11 heteroatoms. The molecule has 0 radical (unpaired) electrons. The third kappa shape index (κ3) is 17.1. The summed E-state index contributed by atoms with van der Waals surface area (Å²) in [6.07, 6.45) is 12.8. The van der Waals surface area contributed by atoms with Crippen LogP contribution in [-0.2, 0) is 35.1 Å². The van der Waals surface area contributed by atoms with Crippen molar-refractivity contribution in [3.8, 4) is 17.6 Å². The minimum absolute atomic E-state index is 0.149. The number of carbonyl (C=O) groups is 5. The molecule has 48 heavy (non-hydrogen) atoms. The topological polar surface area (TPSA) is 185 Å². The SMILES string of the molecule is CC#CCOc1ccc(C[C@H](NC(=O)[C@@H](/C=C/CCCCCCC(=O)CCCCCCC)[C@@](O)(CCOC(C)=O)C(N)=O)C(=O)[O-])cc1. The molecule has 0 aromatic heterocycles. The van der Waals surface area contributed by atoms with E-state index in [1.165, 1.54) is 25.3 Å². The summed E-state index contributed by atoms with van der Waals surface area (Å²) < 4.78 is 10.3. The fraction of sp³-hybridized carbons (Fsp3) is 0.595. The van der Waals surface area contributed by atoms with Crippen molar-refractivity contribution in [2.24, 2.45) is 11.7 Å². The third-order valence-electron chi connectivity index (χ3n) is 7.93. The van der Waals surface area contributed by atoms with Crippen molar-refractivity contribution in [2.45, 2.75) is 122 Å². The zero-order chi connectivity index (χ0) is 35.8. The lowest BCUT2D eigenvalue weighted by Crippen LogP contribution is -2.58. The summed E-state index contributed by atoms with van der Waals surface area (Å²) >= 11 is 0. The van der Waals surface area contributed by atoms with Crippen LogP contribution in [0.5, 0.6) is 5.75 Å². The molecule has 0 saturated carbocycles. The lowest BCUT2D eigenvalue weighted by Gasteiger charge is -2.32. The number of carbonyl (C=O) groups excluding carboxylic acids is 5. The lowest BCUT2D eigenvalue weighted by atomic mass is 9.82. The van der Waals surface area contributed by atoms with Crippen LogP contribution in [0.2, 0.25) is 0 Å². The van der Waals surface area contributed by atoms with Gasteiger partial charge in [-0.05, 0) is 56.7 Å². The number of ketones is 1. The van der Waals surface area contributed by atoms with E-state index in [9.17, 15) is 34.2 Å². The van der Waals surface area contributed by atoms with Gasteiger partial charge in [-0.2, -0.15) is 0 Å². The fourth-order valence-electron chi connectivity index (χ4n) is 5.07. The molecule has 0 aliphatic carbocycles. The minimum atomic E-state index is -2.48. The van der Waals surface area contributed by atoms with E-state index in [1.807, 2.05) is 0 Å². The van der Waals surface area contributed by atoms with E-state index in [0.717, 1.165) is 45.4 Å². The number of hydrogen-bond acceptors (Lipinski definition) is 9. The summed E-state index contributed by atoms with van der Waals surface area (Å²) in [5.74, 6) is 0.304. The van der Waals surface area contributed by atoms with Gasteiger partial charge < -0.3 is 35.5 Å². The van der Waals surface area contributed by atoms with Crippen LogP contribution >= 0.6 is 0 Å². The molecule has 2 amide bonds. The van der Waals surface area contributed by atoms with Crippen LogP contribution in [0.4, 0.5) is 0 Å². The van der Waals surface area contributed by atoms with Crippen LogP contribution in [0.1, 0.15) is 110 Å². The van der Waals surface area contributed by atoms with Gasteiger partial charge >= 0.3 is 5.97 Å². The number of carboxylic acid groups (broad SMARTS) is 1. The van der Waals surface area contributed by atoms with Gasteiger partial charge in [-0.1, -0.05) is 75.7 Å². The van der Waals surface area contributed by atoms with Gasteiger partial charge in [-0.3, -0.25) is 19.2 Å². The van der Waals surface area contributed by atoms with Gasteiger partial charge in [0.2, 0.25) is 5.91 Å². The monoisotopic (exact) mass is 669 g/mol. The predicted octanol–water partition coefficient (Wildman–Crippen LogP) is 3.48. The first-order valence-corrected chi connectivity index (χ1v) is 16.9. The van der Waals surface area contributed by atoms with Crippen molar-refractivity contribution >= 4 is 29.5 Å². The summed E-state index contributed by atoms with van der Waals surface area (Å²) in [5.41, 5.74) is 3.61. The first-order chi connectivity index (χ1) is 22.9. The summed E-state index contributed by atoms with van der Waals surface area (Å²) in [7, 11) is 0. The van der Waals surface area contributed by atoms with Crippen molar-refractivity contribution in [2.75, 3.05) is 13.2 Å². The number of esters is 1. The van der Waals surface area contributed by atoms with Crippen molar-refractivity contribution in [1.29, 1.82) is 0 Å². The van der Waals surface area contributed by atoms with E-state index < -0.39 is 54.3 Å². The molecule has 0 aliphatic rings. The Balaban J connectivity index is 2.89. The number of amides is 2. The highest BCUT2D eigenvalue weighted by Gasteiger charge is 2.45. The molecule has 1 aromatic carbocycles. The fourth-order valence-corrected chi connectivity index (χ4v) is 5.07. The Hall–Kier alpha value is -4.17. The first-order valence-electron chi connectivity index (χ1n) is 16.9. The molecule has 4 N–H and O–H groups in total. The van der Waals surface area contributed by atoms with Crippen LogP contribution < -0.4 is 20.9 Å². The molecule has 0 fully saturated rings. The molecule has 0 bridgehead atoms. The maximum absolute atomic E-state index is 13.5. The second-order valence-electron chi connectivity index (χ2n) is 11.9. The van der Waals surface area contributed by atoms with Gasteiger partial charge in [-0.15, -0.1) is 5.92 Å². The number of nitrogens with one attached hydrogen (secondary N) is 1. The Morgan fingerprint density at radius 3 is 2.19 bits per heavy atom. The summed E-state index contributed by atoms with van der Waals surface area (Å²) in [5, 5.41) is 25.7. The largest absolute Gasteiger partial charge is 0.548 e. The number of benzene rings is 1. The number of hydrogen-bond donors (Lipinski definition) is 3. The maximum atomic E-state index is 13.5. The Bertz CT molecular complexity index is 1250. The van der Waals surface area contributed by atoms with E-state index in [1.54, 1.807) is 37.3 Å². The molecule has 11 nitrogen and oxygen atoms in total. The number of allylic oxidation sites excluding steroid dienone is 1. The second-order valence-corrected chi connectivity index (χ2v) is 11.9. The number of primary amides is 1. The molecule has 0 unspecified atom stereocenters. The highest BCUT2D eigenvalue weighted by molar-refractivity contribution is 5.94. The second kappa shape index (κ2) is 24.0. The minimum Gasteiger partial charge on any atom is -0.548 e. The van der Waals surface area contributed by atoms with E-state index in [2.05, 4.69) is 24.1 Å². The zero-order valence-electron chi connectivity index (χ0n) is 28.7. The molecule has 0 aliphatic heterocycles. The number of Topliss-reactive ketones (excluding diaryl/α,β-unsaturated/α-hetero) is 1. The molecule has 0 saturated heterocycles. The van der Waals surface area contributed by atoms with Crippen molar-refractivity contribution in [1.82, 2.24) is 5.32 Å². The number of aliphatic carboxylic acids is 1. The molecular formula is C37H53N2O9-. The van der Waals surface area contributed by atoms with Gasteiger partial charge in [0.05, 0.1) is 24.5 Å². The summed E-state index contributed by atoms with van der Waals surface area (Å²) in [6, 6.07) is 5.05. The van der Waals surface area contributed by atoms with Crippen LogP contribution in [0.15, 0.2) is 36.4 Å². The van der Waals surface area contributed by atoms with Gasteiger partial charge in [0.1, 0.15) is 18.1 Å². The maximum Gasteiger partial charge on any atom is 0.302 e. The van der Waals surface area contributed by atoms with Crippen LogP contribution in [0.25, 0.3) is 0 Å². The van der Waals surface area contributed by atoms with Crippen LogP contribution in [0.3, 0.4) is 0 Å². The van der Waals surface area contributed by atoms with E-state index in [-0.39, 0.29) is 13.0 Å². The predicted molar refractivity (Wildman–Crippen MR) is 180 cm³/mol. The molecular weight excluding hydrogens is 616 g/mol. The number of unbranched alkanes of at least 4 members (excludes halogenated alkanes) is 8. The van der Waals surface area contributed by atoms with Gasteiger partial charge in [-0.25, -0.2) is 0 Å². The van der Waals surface area contributed by atoms with Crippen LogP contribution in [-0.4, -0.2) is 59.5 Å². The number of ether oxygens (including phenoxy) is 2. The van der Waals surface area contributed by atoms with Gasteiger partial charge in [0, 0.05) is 26.2 Å². The van der Waals surface area contributed by atoms with E-state index >= 15 is 0 Å². The average molecular weight is 670 g/mol. The van der Waals surface area contributed by atoms with Crippen molar-refractivity contribution < 1.29 is 43.7 Å². The Morgan fingerprint density at radius 2 is 1.62 bits per heavy atom. The first kappa shape index (κ1) is 41.9. The molecule has 0 spiro atoms. The highest BCUT2D eigenvalue weighted by atomic mass is 16.5. The number of aliphatic hydroxyl groups is 1. The van der Waals surface area contributed by atoms with Gasteiger partial charge in [0.15, 0.2) is 5.60 Å². The van der Waals surface area contributed by atoms with Crippen molar-refractivity contribution in [3.63, 3.8) is 0 Å². The number of carboxylic acids is 1. The quantitative estimate of drug-likeness (QED) is 0.0575. The smallest absolute Gasteiger partial charge is 0.302 e. The number of nitrogens with two attached hydrogens (primary N) is 1. The highest BCUT2D eigenvalue weighted by Crippen LogP contribution is 2.25. The molecule has 266 valence electrons. The van der Waals surface area contributed by atoms with Crippen LogP contribution in [0, 0.1) is 17.8 Å². The normalized spacial score (nSPS) is 13.4. The molecule has 0 heterocycles. The molecule has 1 aromatic rings. The van der Waals surface area contributed by atoms with Crippen molar-refractivity contribution in [3.05, 3.63) is 42.0 Å². The lowest BCUT2D eigenvalue weighted by molar-refractivity contribution is -0.308. The summed E-state index contributed by atoms with van der Waals surface area (Å²) in [6.45, 7) is 4.80. The zero-order valence-corrected chi connectivity index (χ0v) is 28.7. The third-order valence-corrected chi connectivity index (χ3v) is 7.93. The Morgan fingerprint density at radius 1 is 1.00 bits per heavy atom. The Kier molecular flexibility index (Phi) is 21.0. The molecule has 3 atom stereocenters. The number of rotatable bonds is 26. The van der Waals surface area contributed by atoms with E-state index in [4.69, 9.17) is 15.2 Å².